The minimum Gasteiger partial charge on any atom is -0.480 e. The molecule has 0 spiro atoms. The van der Waals surface area contributed by atoms with E-state index in [2.05, 4.69) is 10.3 Å². The van der Waals surface area contributed by atoms with E-state index < -0.39 is 35.6 Å². The second-order valence-electron chi connectivity index (χ2n) is 8.87. The lowest BCUT2D eigenvalue weighted by Gasteiger charge is -2.20. The average Bonchev–Trinajstić information content (AvgIpc) is 2.94. The number of nitrogens with one attached hydrogen (secondary N) is 1. The predicted octanol–water partition coefficient (Wildman–Crippen LogP) is 2.55. The van der Waals surface area contributed by atoms with Crippen LogP contribution in [0, 0.1) is 0 Å². The zero-order valence-electron chi connectivity index (χ0n) is 22.2. The van der Waals surface area contributed by atoms with Crippen LogP contribution in [0.15, 0.2) is 88.8 Å². The van der Waals surface area contributed by atoms with E-state index in [1.165, 1.54) is 10.6 Å². The third-order valence-electron chi connectivity index (χ3n) is 5.84. The molecule has 0 aliphatic carbocycles. The van der Waals surface area contributed by atoms with Crippen molar-refractivity contribution in [3.8, 4) is 0 Å². The number of aliphatic imine (C=N–C) groups is 1. The van der Waals surface area contributed by atoms with Crippen LogP contribution < -0.4 is 22.3 Å². The van der Waals surface area contributed by atoms with Gasteiger partial charge in [0.15, 0.2) is 5.96 Å². The molecule has 0 unspecified atom stereocenters. The number of amides is 1. The highest BCUT2D eigenvalue weighted by Gasteiger charge is 2.38. The van der Waals surface area contributed by atoms with E-state index in [0.717, 1.165) is 11.1 Å². The number of benzene rings is 2. The van der Waals surface area contributed by atoms with E-state index >= 15 is 0 Å². The smallest absolute Gasteiger partial charge is 0.480 e. The highest BCUT2D eigenvalue weighted by Crippen LogP contribution is 2.26. The molecule has 1 amide bonds. The van der Waals surface area contributed by atoms with Crippen LogP contribution in [0.3, 0.4) is 0 Å². The van der Waals surface area contributed by atoms with Gasteiger partial charge in [0.05, 0.1) is 0 Å². The lowest BCUT2D eigenvalue weighted by Crippen LogP contribution is -2.43. The van der Waals surface area contributed by atoms with Gasteiger partial charge in [-0.15, -0.1) is 0 Å². The Bertz CT molecular complexity index is 1390. The summed E-state index contributed by atoms with van der Waals surface area (Å²) in [4.78, 5) is 50.4. The van der Waals surface area contributed by atoms with E-state index in [9.17, 15) is 32.7 Å². The third-order valence-corrected chi connectivity index (χ3v) is 5.84. The van der Waals surface area contributed by atoms with Crippen molar-refractivity contribution in [1.82, 2.24) is 9.88 Å². The number of carboxylic acids is 2. The Balaban J connectivity index is 0.000000782. The predicted molar refractivity (Wildman–Crippen MR) is 148 cm³/mol. The minimum absolute atomic E-state index is 0.0879. The van der Waals surface area contributed by atoms with Gasteiger partial charge in [-0.25, -0.2) is 9.59 Å². The molecule has 7 N–H and O–H groups in total. The fraction of sp³-hybridized carbons (Fsp3) is 0.250. The molecule has 0 saturated carbocycles. The summed E-state index contributed by atoms with van der Waals surface area (Å²) in [5.74, 6) is -4.90. The van der Waals surface area contributed by atoms with Crippen LogP contribution in [0.25, 0.3) is 0 Å². The molecule has 3 aromatic rings. The van der Waals surface area contributed by atoms with Crippen molar-refractivity contribution in [3.05, 3.63) is 106 Å². The molecular weight excluding hydrogens is 559 g/mol. The van der Waals surface area contributed by atoms with E-state index in [1.54, 1.807) is 12.3 Å². The first-order valence-electron chi connectivity index (χ1n) is 12.5. The Morgan fingerprint density at radius 2 is 1.43 bits per heavy atom. The van der Waals surface area contributed by atoms with E-state index in [0.29, 0.717) is 13.0 Å². The van der Waals surface area contributed by atoms with Crippen LogP contribution in [0.4, 0.5) is 13.2 Å². The number of carbonyl (C=O) groups is 3. The molecule has 0 saturated heterocycles. The number of guanidine groups is 1. The Morgan fingerprint density at radius 3 is 1.88 bits per heavy atom. The molecule has 0 bridgehead atoms. The fourth-order valence-electron chi connectivity index (χ4n) is 3.82. The number of rotatable bonds is 11. The van der Waals surface area contributed by atoms with Crippen molar-refractivity contribution < 1.29 is 37.8 Å². The van der Waals surface area contributed by atoms with Gasteiger partial charge in [0.25, 0.3) is 11.5 Å². The number of carboxylic acid groups (broad SMARTS) is 2. The van der Waals surface area contributed by atoms with Crippen molar-refractivity contribution in [3.63, 3.8) is 0 Å². The molecular formula is C28H30F3N5O6. The first kappa shape index (κ1) is 33.1. The SMILES string of the molecule is NC(N)=NCCC[C@H](NC(=O)c1cccn(CC(c2ccccc2)c2ccccc2)c1=O)C(=O)O.O=C(O)C(F)(F)F. The van der Waals surface area contributed by atoms with Gasteiger partial charge in [0.2, 0.25) is 0 Å². The molecule has 3 rings (SSSR count). The second kappa shape index (κ2) is 15.6. The van der Waals surface area contributed by atoms with E-state index in [-0.39, 0.29) is 30.4 Å². The Kier molecular flexibility index (Phi) is 12.3. The summed E-state index contributed by atoms with van der Waals surface area (Å²) in [5, 5.41) is 19.1. The molecule has 11 nitrogen and oxygen atoms in total. The molecule has 1 atom stereocenters. The molecule has 14 heteroatoms. The summed E-state index contributed by atoms with van der Waals surface area (Å²) >= 11 is 0. The maximum Gasteiger partial charge on any atom is 0.490 e. The van der Waals surface area contributed by atoms with Gasteiger partial charge in [-0.3, -0.25) is 14.6 Å². The number of carbonyl (C=O) groups excluding carboxylic acids is 1. The Morgan fingerprint density at radius 1 is 0.905 bits per heavy atom. The summed E-state index contributed by atoms with van der Waals surface area (Å²) < 4.78 is 33.2. The Hall–Kier alpha value is -5.14. The van der Waals surface area contributed by atoms with Gasteiger partial charge in [0, 0.05) is 25.2 Å². The van der Waals surface area contributed by atoms with Crippen molar-refractivity contribution in [1.29, 1.82) is 0 Å². The number of hydrogen-bond acceptors (Lipinski definition) is 5. The van der Waals surface area contributed by atoms with Crippen LogP contribution in [0.2, 0.25) is 0 Å². The van der Waals surface area contributed by atoms with Crippen LogP contribution in [-0.4, -0.2) is 57.3 Å². The van der Waals surface area contributed by atoms with Crippen molar-refractivity contribution >= 4 is 23.8 Å². The number of alkyl halides is 3. The molecule has 0 fully saturated rings. The number of nitrogens with two attached hydrogens (primary N) is 2. The zero-order chi connectivity index (χ0) is 31.3. The summed E-state index contributed by atoms with van der Waals surface area (Å²) in [6.45, 7) is 0.551. The highest BCUT2D eigenvalue weighted by molar-refractivity contribution is 5.96. The normalized spacial score (nSPS) is 11.5. The lowest BCUT2D eigenvalue weighted by atomic mass is 9.91. The van der Waals surface area contributed by atoms with Crippen LogP contribution >= 0.6 is 0 Å². The van der Waals surface area contributed by atoms with Gasteiger partial charge >= 0.3 is 18.1 Å². The number of hydrogen-bond donors (Lipinski definition) is 5. The van der Waals surface area contributed by atoms with Gasteiger partial charge in [-0.2, -0.15) is 13.2 Å². The number of halogens is 3. The van der Waals surface area contributed by atoms with Crippen molar-refractivity contribution in [2.45, 2.75) is 37.5 Å². The summed E-state index contributed by atoms with van der Waals surface area (Å²) in [5.41, 5.74) is 12.0. The Labute approximate surface area is 238 Å². The molecule has 42 heavy (non-hydrogen) atoms. The van der Waals surface area contributed by atoms with Crippen molar-refractivity contribution in [2.75, 3.05) is 6.54 Å². The first-order chi connectivity index (χ1) is 19.8. The lowest BCUT2D eigenvalue weighted by molar-refractivity contribution is -0.192. The molecule has 0 aliphatic heterocycles. The maximum atomic E-state index is 13.2. The van der Waals surface area contributed by atoms with Crippen LogP contribution in [-0.2, 0) is 16.1 Å². The number of nitrogens with zero attached hydrogens (tertiary/aromatic N) is 2. The first-order valence-corrected chi connectivity index (χ1v) is 12.5. The van der Waals surface area contributed by atoms with Gasteiger partial charge < -0.3 is 31.6 Å². The van der Waals surface area contributed by atoms with Crippen LogP contribution in [0.5, 0.6) is 0 Å². The average molecular weight is 590 g/mol. The topological polar surface area (TPSA) is 190 Å². The molecule has 1 heterocycles. The zero-order valence-corrected chi connectivity index (χ0v) is 22.2. The minimum atomic E-state index is -5.08. The van der Waals surface area contributed by atoms with Gasteiger partial charge in [-0.1, -0.05) is 60.7 Å². The highest BCUT2D eigenvalue weighted by atomic mass is 19.4. The molecule has 1 aromatic heterocycles. The molecule has 0 radical (unpaired) electrons. The monoisotopic (exact) mass is 589 g/mol. The van der Waals surface area contributed by atoms with Gasteiger partial charge in [-0.05, 0) is 36.1 Å². The standard InChI is InChI=1S/C26H29N5O4.C2HF3O2/c27-26(28)29-15-7-14-22(25(34)35)30-23(32)20-13-8-16-31(24(20)33)17-21(18-9-3-1-4-10-18)19-11-5-2-6-12-19;3-2(4,5)1(6)7/h1-6,8-13,16,21-22H,7,14-15,17H2,(H,30,32)(H,34,35)(H4,27,28,29);(H,6,7)/t22-;/m0./s1. The third kappa shape index (κ3) is 10.4. The fourth-order valence-corrected chi connectivity index (χ4v) is 3.82. The van der Waals surface area contributed by atoms with E-state index in [4.69, 9.17) is 21.4 Å². The number of aromatic nitrogens is 1. The summed E-state index contributed by atoms with van der Waals surface area (Å²) in [7, 11) is 0. The molecule has 2 aromatic carbocycles. The van der Waals surface area contributed by atoms with Crippen LogP contribution in [0.1, 0.15) is 40.2 Å². The second-order valence-corrected chi connectivity index (χ2v) is 8.87. The van der Waals surface area contributed by atoms with Crippen molar-refractivity contribution in [2.24, 2.45) is 16.5 Å². The largest absolute Gasteiger partial charge is 0.490 e. The molecule has 224 valence electrons. The number of aliphatic carboxylic acids is 2. The van der Waals surface area contributed by atoms with Gasteiger partial charge in [0.1, 0.15) is 11.6 Å². The van der Waals surface area contributed by atoms with E-state index in [1.807, 2.05) is 60.7 Å². The quantitative estimate of drug-likeness (QED) is 0.128. The number of pyridine rings is 1. The maximum absolute atomic E-state index is 13.2. The summed E-state index contributed by atoms with van der Waals surface area (Å²) in [6.07, 6.45) is -2.99. The molecule has 0 aliphatic rings. The summed E-state index contributed by atoms with van der Waals surface area (Å²) in [6, 6.07) is 21.5.